The maximum absolute atomic E-state index is 11.6. The van der Waals surface area contributed by atoms with Crippen LogP contribution in [0.4, 0.5) is 17.2 Å². The summed E-state index contributed by atoms with van der Waals surface area (Å²) in [4.78, 5) is 27.9. The van der Waals surface area contributed by atoms with Gasteiger partial charge >= 0.3 is 5.69 Å². The summed E-state index contributed by atoms with van der Waals surface area (Å²) in [5, 5.41) is 14.0. The lowest BCUT2D eigenvalue weighted by Crippen LogP contribution is -2.24. The molecule has 2 aromatic carbocycles. The Balaban J connectivity index is 2.00. The zero-order valence-electron chi connectivity index (χ0n) is 14.5. The third-order valence-corrected chi connectivity index (χ3v) is 4.00. The molecule has 0 bridgehead atoms. The number of nitrogens with one attached hydrogen (secondary N) is 1. The van der Waals surface area contributed by atoms with Crippen LogP contribution >= 0.6 is 0 Å². The summed E-state index contributed by atoms with van der Waals surface area (Å²) in [5.41, 5.74) is 2.15. The van der Waals surface area contributed by atoms with Crippen LogP contribution < -0.4 is 10.2 Å². The summed E-state index contributed by atoms with van der Waals surface area (Å²) in [6.45, 7) is 0.925. The van der Waals surface area contributed by atoms with Crippen molar-refractivity contribution in [2.24, 2.45) is 0 Å². The molecule has 0 atom stereocenters. The molecular formula is C20H18N4O3. The van der Waals surface area contributed by atoms with E-state index >= 15 is 0 Å². The second kappa shape index (κ2) is 8.57. The molecule has 0 fully saturated rings. The maximum atomic E-state index is 11.6. The van der Waals surface area contributed by atoms with E-state index in [2.05, 4.69) is 10.3 Å². The van der Waals surface area contributed by atoms with Crippen LogP contribution in [-0.4, -0.2) is 16.3 Å². The topological polar surface area (TPSA) is 88.4 Å². The molecule has 3 aromatic rings. The first-order valence-electron chi connectivity index (χ1n) is 8.35. The summed E-state index contributed by atoms with van der Waals surface area (Å²) < 4.78 is 0. The molecule has 1 N–H and O–H groups in total. The van der Waals surface area contributed by atoms with E-state index in [1.807, 2.05) is 65.6 Å². The number of hydrogen-bond acceptors (Lipinski definition) is 5. The highest BCUT2D eigenvalue weighted by Crippen LogP contribution is 2.30. The van der Waals surface area contributed by atoms with Crippen molar-refractivity contribution < 1.29 is 9.72 Å². The van der Waals surface area contributed by atoms with Gasteiger partial charge in [-0.15, -0.1) is 0 Å². The number of benzene rings is 2. The van der Waals surface area contributed by atoms with Gasteiger partial charge in [-0.05, 0) is 11.1 Å². The van der Waals surface area contributed by atoms with E-state index in [0.717, 1.165) is 11.1 Å². The highest BCUT2D eigenvalue weighted by Gasteiger charge is 2.22. The SMILES string of the molecule is O=CNc1cnc(N(Cc2ccccc2)Cc2ccccc2)c([N+](=O)[O-])c1. The minimum Gasteiger partial charge on any atom is -0.342 e. The van der Waals surface area contributed by atoms with Gasteiger partial charge in [0.05, 0.1) is 16.8 Å². The number of nitrogens with zero attached hydrogens (tertiary/aromatic N) is 3. The quantitative estimate of drug-likeness (QED) is 0.374. The minimum absolute atomic E-state index is 0.159. The van der Waals surface area contributed by atoms with Gasteiger partial charge in [0.2, 0.25) is 12.2 Å². The molecule has 3 rings (SSSR count). The molecule has 7 nitrogen and oxygen atoms in total. The number of carbonyl (C=O) groups excluding carboxylic acids is 1. The van der Waals surface area contributed by atoms with Crippen molar-refractivity contribution >= 4 is 23.6 Å². The first-order valence-corrected chi connectivity index (χ1v) is 8.35. The average Bonchev–Trinajstić information content (AvgIpc) is 2.69. The highest BCUT2D eigenvalue weighted by atomic mass is 16.6. The number of anilines is 2. The Labute approximate surface area is 156 Å². The molecule has 0 aliphatic heterocycles. The molecule has 0 aliphatic rings. The molecule has 0 radical (unpaired) electrons. The van der Waals surface area contributed by atoms with Gasteiger partial charge in [-0.1, -0.05) is 60.7 Å². The van der Waals surface area contributed by atoms with Gasteiger partial charge < -0.3 is 10.2 Å². The zero-order valence-corrected chi connectivity index (χ0v) is 14.5. The first kappa shape index (κ1) is 18.1. The molecule has 136 valence electrons. The van der Waals surface area contributed by atoms with E-state index in [4.69, 9.17) is 0 Å². The molecule has 27 heavy (non-hydrogen) atoms. The van der Waals surface area contributed by atoms with Gasteiger partial charge in [-0.3, -0.25) is 14.9 Å². The fraction of sp³-hybridized carbons (Fsp3) is 0.100. The lowest BCUT2D eigenvalue weighted by Gasteiger charge is -2.24. The first-order chi connectivity index (χ1) is 13.2. The van der Waals surface area contributed by atoms with Crippen LogP contribution in [0.2, 0.25) is 0 Å². The van der Waals surface area contributed by atoms with E-state index in [9.17, 15) is 14.9 Å². The van der Waals surface area contributed by atoms with Crippen LogP contribution in [0.25, 0.3) is 0 Å². The number of pyridine rings is 1. The van der Waals surface area contributed by atoms with Gasteiger partial charge in [-0.25, -0.2) is 4.98 Å². The van der Waals surface area contributed by atoms with E-state index in [1.165, 1.54) is 12.3 Å². The predicted molar refractivity (Wildman–Crippen MR) is 103 cm³/mol. The van der Waals surface area contributed by atoms with Crippen molar-refractivity contribution in [1.29, 1.82) is 0 Å². The Morgan fingerprint density at radius 2 is 1.56 bits per heavy atom. The molecular weight excluding hydrogens is 344 g/mol. The van der Waals surface area contributed by atoms with Crippen molar-refractivity contribution in [1.82, 2.24) is 4.98 Å². The van der Waals surface area contributed by atoms with Gasteiger partial charge in [0.15, 0.2) is 0 Å². The highest BCUT2D eigenvalue weighted by molar-refractivity contribution is 5.74. The zero-order chi connectivity index (χ0) is 19.1. The summed E-state index contributed by atoms with van der Waals surface area (Å²) >= 11 is 0. The number of nitro groups is 1. The molecule has 0 saturated heterocycles. The lowest BCUT2D eigenvalue weighted by molar-refractivity contribution is -0.384. The molecule has 7 heteroatoms. The Kier molecular flexibility index (Phi) is 5.73. The number of hydrogen-bond donors (Lipinski definition) is 1. The van der Waals surface area contributed by atoms with Crippen molar-refractivity contribution in [2.45, 2.75) is 13.1 Å². The maximum Gasteiger partial charge on any atom is 0.313 e. The molecule has 1 heterocycles. The van der Waals surface area contributed by atoms with Crippen LogP contribution in [0.15, 0.2) is 72.9 Å². The normalized spacial score (nSPS) is 10.2. The number of carbonyl (C=O) groups is 1. The lowest BCUT2D eigenvalue weighted by atomic mass is 10.1. The largest absolute Gasteiger partial charge is 0.342 e. The van der Waals surface area contributed by atoms with Gasteiger partial charge in [0.25, 0.3) is 0 Å². The number of amides is 1. The Morgan fingerprint density at radius 1 is 1.00 bits per heavy atom. The summed E-state index contributed by atoms with van der Waals surface area (Å²) in [6, 6.07) is 20.7. The fourth-order valence-corrected chi connectivity index (χ4v) is 2.78. The van der Waals surface area contributed by atoms with Crippen LogP contribution in [0.5, 0.6) is 0 Å². The van der Waals surface area contributed by atoms with Crippen molar-refractivity contribution in [2.75, 3.05) is 10.2 Å². The van der Waals surface area contributed by atoms with Gasteiger partial charge in [0, 0.05) is 19.2 Å². The monoisotopic (exact) mass is 362 g/mol. The fourth-order valence-electron chi connectivity index (χ4n) is 2.78. The summed E-state index contributed by atoms with van der Waals surface area (Å²) in [6.07, 6.45) is 1.88. The van der Waals surface area contributed by atoms with E-state index < -0.39 is 4.92 Å². The molecule has 0 saturated carbocycles. The predicted octanol–water partition coefficient (Wildman–Crippen LogP) is 3.76. The van der Waals surface area contributed by atoms with E-state index in [-0.39, 0.29) is 17.2 Å². The van der Waals surface area contributed by atoms with Crippen molar-refractivity contribution in [3.63, 3.8) is 0 Å². The average molecular weight is 362 g/mol. The Hall–Kier alpha value is -3.74. The van der Waals surface area contributed by atoms with Gasteiger partial charge in [-0.2, -0.15) is 0 Å². The van der Waals surface area contributed by atoms with Gasteiger partial charge in [0.1, 0.15) is 0 Å². The molecule has 0 unspecified atom stereocenters. The van der Waals surface area contributed by atoms with Crippen molar-refractivity contribution in [3.05, 3.63) is 94.2 Å². The standard InChI is InChI=1S/C20H18N4O3/c25-15-22-18-11-19(24(26)27)20(21-12-18)23(13-16-7-3-1-4-8-16)14-17-9-5-2-6-10-17/h1-12,15H,13-14H2,(H,22,25). The summed E-state index contributed by atoms with van der Waals surface area (Å²) in [7, 11) is 0. The smallest absolute Gasteiger partial charge is 0.313 e. The molecule has 0 aliphatic carbocycles. The Morgan fingerprint density at radius 3 is 2.04 bits per heavy atom. The second-order valence-electron chi connectivity index (χ2n) is 5.91. The Bertz CT molecular complexity index is 876. The van der Waals surface area contributed by atoms with Crippen molar-refractivity contribution in [3.8, 4) is 0 Å². The van der Waals surface area contributed by atoms with Crippen LogP contribution in [0.1, 0.15) is 11.1 Å². The third-order valence-electron chi connectivity index (χ3n) is 4.00. The molecule has 0 spiro atoms. The second-order valence-corrected chi connectivity index (χ2v) is 5.91. The van der Waals surface area contributed by atoms with Crippen LogP contribution in [0.3, 0.4) is 0 Å². The van der Waals surface area contributed by atoms with E-state index in [1.54, 1.807) is 0 Å². The minimum atomic E-state index is -0.485. The van der Waals surface area contributed by atoms with Crippen LogP contribution in [-0.2, 0) is 17.9 Å². The van der Waals surface area contributed by atoms with E-state index in [0.29, 0.717) is 19.5 Å². The molecule has 1 amide bonds. The third kappa shape index (κ3) is 4.66. The number of aromatic nitrogens is 1. The van der Waals surface area contributed by atoms with Crippen LogP contribution in [0, 0.1) is 10.1 Å². The molecule has 1 aromatic heterocycles. The number of rotatable bonds is 8. The summed E-state index contributed by atoms with van der Waals surface area (Å²) in [5.74, 6) is 0.254.